The topological polar surface area (TPSA) is 70.7 Å². The predicted octanol–water partition coefficient (Wildman–Crippen LogP) is 6.73. The lowest BCUT2D eigenvalue weighted by molar-refractivity contribution is 0.305. The van der Waals surface area contributed by atoms with E-state index < -0.39 is 0 Å². The van der Waals surface area contributed by atoms with Crippen molar-refractivity contribution < 1.29 is 9.47 Å². The van der Waals surface area contributed by atoms with Gasteiger partial charge >= 0.3 is 0 Å². The minimum Gasteiger partial charge on any atom is -0.489 e. The summed E-state index contributed by atoms with van der Waals surface area (Å²) in [5.41, 5.74) is 2.77. The maximum atomic E-state index is 5.78. The van der Waals surface area contributed by atoms with Crippen molar-refractivity contribution in [2.75, 3.05) is 44.2 Å². The maximum absolute atomic E-state index is 5.78. The minimum absolute atomic E-state index is 0.127. The van der Waals surface area contributed by atoms with Gasteiger partial charge in [0.15, 0.2) is 0 Å². The van der Waals surface area contributed by atoms with Crippen molar-refractivity contribution >= 4 is 17.4 Å². The van der Waals surface area contributed by atoms with Crippen LogP contribution in [0.4, 0.5) is 5.82 Å². The molecular weight excluding hydrogens is 582 g/mol. The van der Waals surface area contributed by atoms with Gasteiger partial charge in [0.1, 0.15) is 30.5 Å². The van der Waals surface area contributed by atoms with Gasteiger partial charge in [0.25, 0.3) is 0 Å². The molecule has 0 saturated carbocycles. The van der Waals surface area contributed by atoms with E-state index in [4.69, 9.17) is 21.1 Å². The van der Waals surface area contributed by atoms with E-state index in [1.165, 1.54) is 0 Å². The van der Waals surface area contributed by atoms with Crippen molar-refractivity contribution in [1.82, 2.24) is 20.9 Å². The van der Waals surface area contributed by atoms with Crippen LogP contribution in [0.2, 0.25) is 5.02 Å². The first-order valence-corrected chi connectivity index (χ1v) is 16.1. The molecule has 2 aliphatic rings. The number of ether oxygens (including phenoxy) is 2. The summed E-state index contributed by atoms with van der Waals surface area (Å²) in [5, 5.41) is 10.9. The molecule has 240 valence electrons. The molecule has 1 aromatic heterocycles. The monoisotopic (exact) mass is 629 g/mol. The average molecular weight is 630 g/mol. The fourth-order valence-corrected chi connectivity index (χ4v) is 5.07. The first-order chi connectivity index (χ1) is 21.7. The van der Waals surface area contributed by atoms with Crippen LogP contribution in [0.3, 0.4) is 0 Å². The van der Waals surface area contributed by atoms with E-state index >= 15 is 0 Å². The average Bonchev–Trinajstić information content (AvgIpc) is 3.05. The molecule has 2 aliphatic heterocycles. The molecule has 0 aliphatic carbocycles. The molecule has 45 heavy (non-hydrogen) atoms. The summed E-state index contributed by atoms with van der Waals surface area (Å²) >= 11 is 5.77. The van der Waals surface area contributed by atoms with Crippen molar-refractivity contribution in [2.45, 2.75) is 52.0 Å². The van der Waals surface area contributed by atoms with E-state index in [0.29, 0.717) is 18.8 Å². The van der Waals surface area contributed by atoms with Gasteiger partial charge in [-0.15, -0.1) is 0 Å². The van der Waals surface area contributed by atoms with Gasteiger partial charge in [0.2, 0.25) is 0 Å². The van der Waals surface area contributed by atoms with Crippen molar-refractivity contribution in [3.63, 3.8) is 0 Å². The zero-order valence-electron chi connectivity index (χ0n) is 27.1. The van der Waals surface area contributed by atoms with Crippen LogP contribution in [0.5, 0.6) is 11.5 Å². The Labute approximate surface area is 274 Å². The normalized spacial score (nSPS) is 16.7. The molecule has 6 rings (SSSR count). The summed E-state index contributed by atoms with van der Waals surface area (Å²) in [5.74, 6) is 2.66. The van der Waals surface area contributed by atoms with Gasteiger partial charge in [0.05, 0.1) is 6.20 Å². The highest BCUT2D eigenvalue weighted by Crippen LogP contribution is 2.21. The lowest BCUT2D eigenvalue weighted by atomic mass is 10.0. The second-order valence-corrected chi connectivity index (χ2v) is 13.0. The molecule has 8 heteroatoms. The summed E-state index contributed by atoms with van der Waals surface area (Å²) in [4.78, 5) is 6.87. The molecule has 3 heterocycles. The highest BCUT2D eigenvalue weighted by Gasteiger charge is 2.26. The van der Waals surface area contributed by atoms with Gasteiger partial charge in [-0.25, -0.2) is 4.98 Å². The molecule has 0 radical (unpaired) electrons. The SMILES string of the molecule is CC1(C)CN(c2ccc(OCc3ccccc3)cn2)CCN1.CC1(C)CNCCN1.Clc1ccc(OCc2ccccc2)cc1. The molecule has 0 atom stereocenters. The molecule has 0 amide bonds. The summed E-state index contributed by atoms with van der Waals surface area (Å²) in [7, 11) is 0. The van der Waals surface area contributed by atoms with Crippen molar-refractivity contribution in [2.24, 2.45) is 0 Å². The molecule has 3 N–H and O–H groups in total. The van der Waals surface area contributed by atoms with Crippen LogP contribution in [-0.4, -0.2) is 55.3 Å². The van der Waals surface area contributed by atoms with Crippen LogP contribution in [0, 0.1) is 0 Å². The number of nitrogens with one attached hydrogen (secondary N) is 3. The fraction of sp³-hybridized carbons (Fsp3) is 0.378. The molecule has 7 nitrogen and oxygen atoms in total. The van der Waals surface area contributed by atoms with E-state index in [9.17, 15) is 0 Å². The number of pyridine rings is 1. The Morgan fingerprint density at radius 1 is 0.689 bits per heavy atom. The van der Waals surface area contributed by atoms with E-state index in [1.54, 1.807) is 0 Å². The highest BCUT2D eigenvalue weighted by atomic mass is 35.5. The Morgan fingerprint density at radius 2 is 1.27 bits per heavy atom. The smallest absolute Gasteiger partial charge is 0.138 e. The number of rotatable bonds is 7. The van der Waals surface area contributed by atoms with Crippen molar-refractivity contribution in [3.05, 3.63) is 119 Å². The lowest BCUT2D eigenvalue weighted by Gasteiger charge is -2.39. The van der Waals surface area contributed by atoms with Gasteiger partial charge in [-0.05, 0) is 75.2 Å². The highest BCUT2D eigenvalue weighted by molar-refractivity contribution is 6.30. The van der Waals surface area contributed by atoms with E-state index in [-0.39, 0.29) is 5.54 Å². The van der Waals surface area contributed by atoms with Gasteiger partial charge in [-0.2, -0.15) is 0 Å². The Kier molecular flexibility index (Phi) is 13.1. The van der Waals surface area contributed by atoms with Crippen LogP contribution < -0.4 is 30.3 Å². The lowest BCUT2D eigenvalue weighted by Crippen LogP contribution is -2.57. The van der Waals surface area contributed by atoms with Gasteiger partial charge in [-0.3, -0.25) is 0 Å². The molecule has 2 saturated heterocycles. The number of aromatic nitrogens is 1. The maximum Gasteiger partial charge on any atom is 0.138 e. The Bertz CT molecular complexity index is 1380. The standard InChI is InChI=1S/C18H23N3O.C13H11ClO.C6H14N2/c1-18(2)14-21(11-10-20-18)17-9-8-16(12-19-17)22-13-15-6-4-3-5-7-15;14-12-6-8-13(9-7-12)15-10-11-4-2-1-3-5-11;1-6(2)5-7-3-4-8-6/h3-9,12,20H,10-11,13-14H2,1-2H3;1-9H,10H2;7-8H,3-5H2,1-2H3. The molecule has 0 spiro atoms. The number of piperazine rings is 2. The molecule has 2 fully saturated rings. The summed E-state index contributed by atoms with van der Waals surface area (Å²) < 4.78 is 11.4. The van der Waals surface area contributed by atoms with Crippen molar-refractivity contribution in [1.29, 1.82) is 0 Å². The second-order valence-electron chi connectivity index (χ2n) is 12.6. The first-order valence-electron chi connectivity index (χ1n) is 15.7. The Morgan fingerprint density at radius 3 is 1.76 bits per heavy atom. The van der Waals surface area contributed by atoms with Crippen LogP contribution in [0.25, 0.3) is 0 Å². The molecule has 3 aromatic carbocycles. The van der Waals surface area contributed by atoms with Gasteiger partial charge in [-0.1, -0.05) is 72.3 Å². The Balaban J connectivity index is 0.000000172. The van der Waals surface area contributed by atoms with E-state index in [2.05, 4.69) is 65.7 Å². The summed E-state index contributed by atoms with van der Waals surface area (Å²) in [6, 6.07) is 31.7. The number of anilines is 1. The van der Waals surface area contributed by atoms with E-state index in [0.717, 1.165) is 72.7 Å². The van der Waals surface area contributed by atoms with Gasteiger partial charge in [0, 0.05) is 55.4 Å². The second kappa shape index (κ2) is 17.2. The van der Waals surface area contributed by atoms with Gasteiger partial charge < -0.3 is 30.3 Å². The minimum atomic E-state index is 0.127. The largest absolute Gasteiger partial charge is 0.489 e. The molecule has 0 unspecified atom stereocenters. The first kappa shape index (κ1) is 34.3. The quantitative estimate of drug-likeness (QED) is 0.210. The van der Waals surface area contributed by atoms with Crippen LogP contribution in [0.1, 0.15) is 38.8 Å². The number of nitrogens with zero attached hydrogens (tertiary/aromatic N) is 2. The van der Waals surface area contributed by atoms with Crippen LogP contribution in [0.15, 0.2) is 103 Å². The third-order valence-corrected chi connectivity index (χ3v) is 7.65. The fourth-order valence-electron chi connectivity index (χ4n) is 4.95. The summed E-state index contributed by atoms with van der Waals surface area (Å²) in [6.07, 6.45) is 1.81. The zero-order valence-corrected chi connectivity index (χ0v) is 27.8. The number of benzene rings is 3. The number of hydrogen-bond donors (Lipinski definition) is 3. The Hall–Kier alpha value is -3.62. The molecule has 4 aromatic rings. The number of hydrogen-bond acceptors (Lipinski definition) is 7. The molecule has 0 bridgehead atoms. The predicted molar refractivity (Wildman–Crippen MR) is 186 cm³/mol. The van der Waals surface area contributed by atoms with Crippen LogP contribution >= 0.6 is 11.6 Å². The zero-order chi connectivity index (χ0) is 32.0. The summed E-state index contributed by atoms with van der Waals surface area (Å²) in [6.45, 7) is 16.3. The van der Waals surface area contributed by atoms with Crippen LogP contribution in [-0.2, 0) is 13.2 Å². The molecular formula is C37H48ClN5O2. The third kappa shape index (κ3) is 12.7. The number of halogens is 1. The van der Waals surface area contributed by atoms with Crippen molar-refractivity contribution in [3.8, 4) is 11.5 Å². The third-order valence-electron chi connectivity index (χ3n) is 7.40. The van der Waals surface area contributed by atoms with E-state index in [1.807, 2.05) is 91.1 Å².